The van der Waals surface area contributed by atoms with E-state index in [1.54, 1.807) is 18.2 Å². The number of aldehydes is 1. The first kappa shape index (κ1) is 17.2. The van der Waals surface area contributed by atoms with Gasteiger partial charge in [0.05, 0.1) is 6.04 Å². The number of benzene rings is 1. The average molecular weight is 229 g/mol. The van der Waals surface area contributed by atoms with Gasteiger partial charge < -0.3 is 10.5 Å². The van der Waals surface area contributed by atoms with Crippen molar-refractivity contribution < 1.29 is 10.6 Å². The molecule has 0 heterocycles. The number of nitrogens with two attached hydrogens (primary N) is 1. The summed E-state index contributed by atoms with van der Waals surface area (Å²) in [5, 5.41) is 0. The molecule has 0 fully saturated rings. The third kappa shape index (κ3) is 7.12. The van der Waals surface area contributed by atoms with Gasteiger partial charge in [0.15, 0.2) is 0 Å². The molecule has 2 N–H and O–H groups in total. The summed E-state index contributed by atoms with van der Waals surface area (Å²) in [6.45, 7) is 8.00. The molecular formula is C13H24FNO. The fraction of sp³-hybridized carbons (Fsp3) is 0.462. The van der Waals surface area contributed by atoms with Crippen LogP contribution in [0.25, 0.3) is 0 Å². The SMILES string of the molecule is CC.CC.N[C@H](C=O)Cc1ccccc1F.[HH]. The molecule has 0 saturated heterocycles. The molecule has 16 heavy (non-hydrogen) atoms. The third-order valence-corrected chi connectivity index (χ3v) is 1.59. The zero-order valence-corrected chi connectivity index (χ0v) is 10.5. The zero-order chi connectivity index (χ0) is 13.0. The van der Waals surface area contributed by atoms with Crippen LogP contribution in [0.4, 0.5) is 4.39 Å². The van der Waals surface area contributed by atoms with E-state index in [1.165, 1.54) is 6.07 Å². The summed E-state index contributed by atoms with van der Waals surface area (Å²) in [4.78, 5) is 10.2. The van der Waals surface area contributed by atoms with Crippen LogP contribution in [-0.4, -0.2) is 12.3 Å². The minimum absolute atomic E-state index is 0. The summed E-state index contributed by atoms with van der Waals surface area (Å²) >= 11 is 0. The first-order valence-electron chi connectivity index (χ1n) is 5.68. The maximum Gasteiger partial charge on any atom is 0.137 e. The number of hydrogen-bond acceptors (Lipinski definition) is 2. The summed E-state index contributed by atoms with van der Waals surface area (Å²) in [5.74, 6) is -0.310. The molecular weight excluding hydrogens is 205 g/mol. The molecule has 3 heteroatoms. The van der Waals surface area contributed by atoms with E-state index in [2.05, 4.69) is 0 Å². The first-order valence-corrected chi connectivity index (χ1v) is 5.68. The lowest BCUT2D eigenvalue weighted by Gasteiger charge is -2.04. The fourth-order valence-electron chi connectivity index (χ4n) is 0.966. The minimum Gasteiger partial charge on any atom is -0.321 e. The van der Waals surface area contributed by atoms with Crippen LogP contribution in [0.1, 0.15) is 34.7 Å². The Labute approximate surface area is 99.1 Å². The zero-order valence-electron chi connectivity index (χ0n) is 10.5. The Morgan fingerprint density at radius 3 is 2.25 bits per heavy atom. The summed E-state index contributed by atoms with van der Waals surface area (Å²) in [6.07, 6.45) is 0.878. The molecule has 2 nitrogen and oxygen atoms in total. The molecule has 0 aromatic heterocycles. The first-order chi connectivity index (χ1) is 7.74. The number of rotatable bonds is 3. The molecule has 1 rings (SSSR count). The van der Waals surface area contributed by atoms with E-state index in [9.17, 15) is 9.18 Å². The standard InChI is InChI=1S/C9H10FNO.2C2H6.H2/c10-9-4-2-1-3-7(9)5-8(11)6-12;2*1-2;/h1-4,6,8H,5,11H2;2*1-2H3;1H/t8-;;;/m0.../s1. The highest BCUT2D eigenvalue weighted by Gasteiger charge is 2.05. The highest BCUT2D eigenvalue weighted by molar-refractivity contribution is 5.57. The van der Waals surface area contributed by atoms with Gasteiger partial charge in [-0.15, -0.1) is 0 Å². The molecule has 0 amide bonds. The lowest BCUT2D eigenvalue weighted by atomic mass is 10.1. The van der Waals surface area contributed by atoms with Crippen molar-refractivity contribution in [1.82, 2.24) is 0 Å². The van der Waals surface area contributed by atoms with Crippen molar-refractivity contribution in [2.24, 2.45) is 5.73 Å². The second-order valence-corrected chi connectivity index (χ2v) is 2.60. The van der Waals surface area contributed by atoms with Gasteiger partial charge in [-0.1, -0.05) is 45.9 Å². The summed E-state index contributed by atoms with van der Waals surface area (Å²) in [6, 6.07) is 5.69. The molecule has 0 radical (unpaired) electrons. The summed E-state index contributed by atoms with van der Waals surface area (Å²) < 4.78 is 12.9. The van der Waals surface area contributed by atoms with Gasteiger partial charge in [0.2, 0.25) is 0 Å². The Bertz CT molecular complexity index is 282. The van der Waals surface area contributed by atoms with E-state index in [0.717, 1.165) is 0 Å². The summed E-state index contributed by atoms with van der Waals surface area (Å²) in [7, 11) is 0. The van der Waals surface area contributed by atoms with Crippen molar-refractivity contribution in [1.29, 1.82) is 0 Å². The molecule has 0 unspecified atom stereocenters. The van der Waals surface area contributed by atoms with Gasteiger partial charge in [-0.05, 0) is 18.1 Å². The number of halogens is 1. The quantitative estimate of drug-likeness (QED) is 0.809. The predicted octanol–water partition coefficient (Wildman–Crippen LogP) is 3.19. The number of carbonyl (C=O) groups is 1. The van der Waals surface area contributed by atoms with Gasteiger partial charge in [0.1, 0.15) is 12.1 Å². The van der Waals surface area contributed by atoms with Crippen LogP contribution < -0.4 is 5.73 Å². The van der Waals surface area contributed by atoms with Gasteiger partial charge >= 0.3 is 0 Å². The Morgan fingerprint density at radius 2 is 1.81 bits per heavy atom. The minimum atomic E-state index is -0.609. The van der Waals surface area contributed by atoms with Crippen LogP contribution in [-0.2, 0) is 11.2 Å². The van der Waals surface area contributed by atoms with Gasteiger partial charge in [-0.25, -0.2) is 4.39 Å². The van der Waals surface area contributed by atoms with Crippen molar-refractivity contribution >= 4 is 6.29 Å². The van der Waals surface area contributed by atoms with Crippen molar-refractivity contribution in [3.63, 3.8) is 0 Å². The summed E-state index contributed by atoms with van der Waals surface area (Å²) in [5.41, 5.74) is 5.82. The van der Waals surface area contributed by atoms with Crippen LogP contribution in [0, 0.1) is 5.82 Å². The van der Waals surface area contributed by atoms with E-state index in [0.29, 0.717) is 11.8 Å². The van der Waals surface area contributed by atoms with Crippen molar-refractivity contribution in [3.05, 3.63) is 35.6 Å². The van der Waals surface area contributed by atoms with E-state index < -0.39 is 6.04 Å². The Morgan fingerprint density at radius 1 is 1.31 bits per heavy atom. The molecule has 1 atom stereocenters. The third-order valence-electron chi connectivity index (χ3n) is 1.59. The highest BCUT2D eigenvalue weighted by Crippen LogP contribution is 2.07. The Hall–Kier alpha value is -1.22. The molecule has 0 aliphatic rings. The van der Waals surface area contributed by atoms with Crippen LogP contribution in [0.3, 0.4) is 0 Å². The monoisotopic (exact) mass is 229 g/mol. The Kier molecular flexibility index (Phi) is 12.7. The van der Waals surface area contributed by atoms with E-state index in [4.69, 9.17) is 5.73 Å². The molecule has 0 aliphatic carbocycles. The van der Waals surface area contributed by atoms with Gasteiger partial charge in [0.25, 0.3) is 0 Å². The molecule has 94 valence electrons. The second-order valence-electron chi connectivity index (χ2n) is 2.60. The molecule has 0 bridgehead atoms. The normalized spacial score (nSPS) is 10.1. The van der Waals surface area contributed by atoms with Crippen LogP contribution in [0.2, 0.25) is 0 Å². The average Bonchev–Trinajstić information content (AvgIpc) is 2.37. The van der Waals surface area contributed by atoms with Gasteiger partial charge in [-0.3, -0.25) is 0 Å². The van der Waals surface area contributed by atoms with Crippen molar-refractivity contribution in [2.75, 3.05) is 0 Å². The Balaban J connectivity index is -0.000000355. The number of carbonyl (C=O) groups excluding carboxylic acids is 1. The van der Waals surface area contributed by atoms with Crippen LogP contribution in [0.15, 0.2) is 24.3 Å². The molecule has 1 aromatic rings. The highest BCUT2D eigenvalue weighted by atomic mass is 19.1. The molecule has 1 aromatic carbocycles. The van der Waals surface area contributed by atoms with Gasteiger partial charge in [0, 0.05) is 1.43 Å². The second kappa shape index (κ2) is 11.9. The molecule has 0 spiro atoms. The van der Waals surface area contributed by atoms with Crippen molar-refractivity contribution in [3.8, 4) is 0 Å². The number of hydrogen-bond donors (Lipinski definition) is 1. The topological polar surface area (TPSA) is 43.1 Å². The fourth-order valence-corrected chi connectivity index (χ4v) is 0.966. The van der Waals surface area contributed by atoms with Crippen LogP contribution in [0.5, 0.6) is 0 Å². The smallest absolute Gasteiger partial charge is 0.137 e. The predicted molar refractivity (Wildman–Crippen MR) is 69.0 cm³/mol. The lowest BCUT2D eigenvalue weighted by Crippen LogP contribution is -2.24. The maximum atomic E-state index is 12.9. The van der Waals surface area contributed by atoms with E-state index in [-0.39, 0.29) is 13.7 Å². The van der Waals surface area contributed by atoms with E-state index >= 15 is 0 Å². The maximum absolute atomic E-state index is 12.9. The largest absolute Gasteiger partial charge is 0.321 e. The van der Waals surface area contributed by atoms with Crippen LogP contribution >= 0.6 is 0 Å². The van der Waals surface area contributed by atoms with Crippen molar-refractivity contribution in [2.45, 2.75) is 40.2 Å². The van der Waals surface area contributed by atoms with E-state index in [1.807, 2.05) is 27.7 Å². The molecule has 0 aliphatic heterocycles. The van der Waals surface area contributed by atoms with Gasteiger partial charge in [-0.2, -0.15) is 0 Å². The molecule has 0 saturated carbocycles. The lowest BCUT2D eigenvalue weighted by molar-refractivity contribution is -0.108.